The lowest BCUT2D eigenvalue weighted by Gasteiger charge is -2.32. The second-order valence-electron chi connectivity index (χ2n) is 6.15. The number of hydrogen-bond donors (Lipinski definition) is 1. The van der Waals surface area contributed by atoms with Gasteiger partial charge in [0.05, 0.1) is 13.2 Å². The topological polar surface area (TPSA) is 59.0 Å². The SMILES string of the molecule is CC(C)(C)N(CCOCCOc1ccc(CCCl)cc1)C(=O)O. The molecule has 0 fully saturated rings. The number of ether oxygens (including phenoxy) is 2. The highest BCUT2D eigenvalue weighted by Crippen LogP contribution is 2.14. The van der Waals surface area contributed by atoms with Crippen molar-refractivity contribution in [1.29, 1.82) is 0 Å². The first-order valence-electron chi connectivity index (χ1n) is 7.70. The van der Waals surface area contributed by atoms with Crippen LogP contribution in [0, 0.1) is 0 Å². The molecule has 6 heteroatoms. The van der Waals surface area contributed by atoms with Crippen molar-refractivity contribution in [2.45, 2.75) is 32.7 Å². The molecule has 1 aromatic carbocycles. The molecular weight excluding hydrogens is 318 g/mol. The summed E-state index contributed by atoms with van der Waals surface area (Å²) < 4.78 is 11.0. The zero-order valence-corrected chi connectivity index (χ0v) is 14.8. The van der Waals surface area contributed by atoms with Gasteiger partial charge in [0, 0.05) is 18.0 Å². The number of amides is 1. The molecule has 1 aromatic rings. The van der Waals surface area contributed by atoms with Crippen LogP contribution in [0.1, 0.15) is 26.3 Å². The predicted octanol–water partition coefficient (Wildman–Crippen LogP) is 3.64. The van der Waals surface area contributed by atoms with Gasteiger partial charge in [-0.05, 0) is 44.9 Å². The molecule has 1 rings (SSSR count). The molecule has 0 bridgehead atoms. The van der Waals surface area contributed by atoms with Crippen LogP contribution >= 0.6 is 11.6 Å². The maximum atomic E-state index is 11.2. The summed E-state index contributed by atoms with van der Waals surface area (Å²) in [4.78, 5) is 12.5. The third-order valence-corrected chi connectivity index (χ3v) is 3.49. The Bertz CT molecular complexity index is 470. The lowest BCUT2D eigenvalue weighted by Crippen LogP contribution is -2.46. The number of hydrogen-bond acceptors (Lipinski definition) is 3. The molecule has 0 aromatic heterocycles. The van der Waals surface area contributed by atoms with E-state index >= 15 is 0 Å². The van der Waals surface area contributed by atoms with Crippen molar-refractivity contribution >= 4 is 17.7 Å². The lowest BCUT2D eigenvalue weighted by atomic mass is 10.1. The molecule has 23 heavy (non-hydrogen) atoms. The molecule has 0 aliphatic heterocycles. The summed E-state index contributed by atoms with van der Waals surface area (Å²) >= 11 is 5.69. The molecule has 1 N–H and O–H groups in total. The molecule has 0 unspecified atom stereocenters. The van der Waals surface area contributed by atoms with Gasteiger partial charge >= 0.3 is 6.09 Å². The molecule has 5 nitrogen and oxygen atoms in total. The fourth-order valence-corrected chi connectivity index (χ4v) is 2.27. The number of carboxylic acid groups (broad SMARTS) is 1. The second kappa shape index (κ2) is 9.63. The fraction of sp³-hybridized carbons (Fsp3) is 0.588. The highest BCUT2D eigenvalue weighted by Gasteiger charge is 2.25. The van der Waals surface area contributed by atoms with Crippen LogP contribution in [-0.2, 0) is 11.2 Å². The van der Waals surface area contributed by atoms with Crippen molar-refractivity contribution in [3.8, 4) is 5.75 Å². The van der Waals surface area contributed by atoms with Crippen LogP contribution in [0.5, 0.6) is 5.75 Å². The normalized spacial score (nSPS) is 11.3. The molecule has 0 spiro atoms. The van der Waals surface area contributed by atoms with Crippen LogP contribution in [0.2, 0.25) is 0 Å². The van der Waals surface area contributed by atoms with E-state index in [4.69, 9.17) is 26.2 Å². The first-order valence-corrected chi connectivity index (χ1v) is 8.24. The molecule has 0 heterocycles. The van der Waals surface area contributed by atoms with E-state index in [0.29, 0.717) is 32.2 Å². The zero-order chi connectivity index (χ0) is 17.3. The third kappa shape index (κ3) is 7.57. The number of alkyl halides is 1. The first-order chi connectivity index (χ1) is 10.8. The summed E-state index contributed by atoms with van der Waals surface area (Å²) in [6.07, 6.45) is -0.0897. The molecule has 130 valence electrons. The van der Waals surface area contributed by atoms with E-state index in [2.05, 4.69) is 0 Å². The minimum Gasteiger partial charge on any atom is -0.491 e. The van der Waals surface area contributed by atoms with Gasteiger partial charge < -0.3 is 19.5 Å². The van der Waals surface area contributed by atoms with Gasteiger partial charge in [0.25, 0.3) is 0 Å². The minimum atomic E-state index is -0.936. The van der Waals surface area contributed by atoms with Crippen LogP contribution in [0.3, 0.4) is 0 Å². The number of halogens is 1. The van der Waals surface area contributed by atoms with Crippen LogP contribution in [0.4, 0.5) is 4.79 Å². The van der Waals surface area contributed by atoms with E-state index in [-0.39, 0.29) is 0 Å². The number of benzene rings is 1. The number of nitrogens with zero attached hydrogens (tertiary/aromatic N) is 1. The molecule has 0 aliphatic carbocycles. The van der Waals surface area contributed by atoms with Crippen LogP contribution < -0.4 is 4.74 Å². The molecule has 0 saturated heterocycles. The highest BCUT2D eigenvalue weighted by atomic mass is 35.5. The summed E-state index contributed by atoms with van der Waals surface area (Å²) in [6.45, 7) is 7.11. The molecule has 0 radical (unpaired) electrons. The third-order valence-electron chi connectivity index (χ3n) is 3.30. The smallest absolute Gasteiger partial charge is 0.407 e. The molecule has 0 atom stereocenters. The Labute approximate surface area is 143 Å². The second-order valence-corrected chi connectivity index (χ2v) is 6.53. The average Bonchev–Trinajstić information content (AvgIpc) is 2.46. The number of carbonyl (C=O) groups is 1. The number of aryl methyl sites for hydroxylation is 1. The van der Waals surface area contributed by atoms with Gasteiger partial charge in [-0.15, -0.1) is 11.6 Å². The highest BCUT2D eigenvalue weighted by molar-refractivity contribution is 6.17. The van der Waals surface area contributed by atoms with Crippen molar-refractivity contribution in [2.75, 3.05) is 32.2 Å². The van der Waals surface area contributed by atoms with Crippen LogP contribution in [-0.4, -0.2) is 53.9 Å². The molecule has 0 saturated carbocycles. The average molecular weight is 344 g/mol. The van der Waals surface area contributed by atoms with Gasteiger partial charge in [-0.25, -0.2) is 4.79 Å². The fourth-order valence-electron chi connectivity index (χ4n) is 2.06. The maximum Gasteiger partial charge on any atom is 0.407 e. The van der Waals surface area contributed by atoms with Gasteiger partial charge in [0.15, 0.2) is 0 Å². The van der Waals surface area contributed by atoms with Gasteiger partial charge in [-0.2, -0.15) is 0 Å². The Morgan fingerprint density at radius 3 is 2.35 bits per heavy atom. The van der Waals surface area contributed by atoms with Crippen molar-refractivity contribution in [3.63, 3.8) is 0 Å². The minimum absolute atomic E-state index is 0.339. The van der Waals surface area contributed by atoms with Crippen molar-refractivity contribution in [1.82, 2.24) is 4.90 Å². The first kappa shape index (κ1) is 19.6. The predicted molar refractivity (Wildman–Crippen MR) is 91.7 cm³/mol. The van der Waals surface area contributed by atoms with E-state index in [1.54, 1.807) is 0 Å². The summed E-state index contributed by atoms with van der Waals surface area (Å²) in [5.74, 6) is 1.39. The van der Waals surface area contributed by atoms with Crippen molar-refractivity contribution in [3.05, 3.63) is 29.8 Å². The van der Waals surface area contributed by atoms with Gasteiger partial charge in [-0.1, -0.05) is 12.1 Å². The quantitative estimate of drug-likeness (QED) is 0.549. The lowest BCUT2D eigenvalue weighted by molar-refractivity contribution is 0.0513. The van der Waals surface area contributed by atoms with Crippen molar-refractivity contribution < 1.29 is 19.4 Å². The summed E-state index contributed by atoms with van der Waals surface area (Å²) in [6, 6.07) is 7.81. The van der Waals surface area contributed by atoms with Gasteiger partial charge in [-0.3, -0.25) is 0 Å². The van der Waals surface area contributed by atoms with Crippen molar-refractivity contribution in [2.24, 2.45) is 0 Å². The maximum absolute atomic E-state index is 11.2. The van der Waals surface area contributed by atoms with Gasteiger partial charge in [0.2, 0.25) is 0 Å². The Balaban J connectivity index is 2.21. The summed E-state index contributed by atoms with van der Waals surface area (Å²) in [7, 11) is 0. The summed E-state index contributed by atoms with van der Waals surface area (Å²) in [5.41, 5.74) is 0.746. The standard InChI is InChI=1S/C17H26ClNO4/c1-17(2,3)19(16(20)21)10-11-22-12-13-23-15-6-4-14(5-7-15)8-9-18/h4-7H,8-13H2,1-3H3,(H,20,21). The van der Waals surface area contributed by atoms with E-state index in [0.717, 1.165) is 12.2 Å². The molecule has 0 aliphatic rings. The zero-order valence-electron chi connectivity index (χ0n) is 14.0. The number of rotatable bonds is 9. The Morgan fingerprint density at radius 1 is 1.17 bits per heavy atom. The Morgan fingerprint density at radius 2 is 1.83 bits per heavy atom. The summed E-state index contributed by atoms with van der Waals surface area (Å²) in [5, 5.41) is 9.16. The van der Waals surface area contributed by atoms with Gasteiger partial charge in [0.1, 0.15) is 12.4 Å². The monoisotopic (exact) mass is 343 g/mol. The van der Waals surface area contributed by atoms with Crippen LogP contribution in [0.15, 0.2) is 24.3 Å². The largest absolute Gasteiger partial charge is 0.491 e. The Hall–Kier alpha value is -1.46. The van der Waals surface area contributed by atoms with Crippen LogP contribution in [0.25, 0.3) is 0 Å². The van der Waals surface area contributed by atoms with E-state index < -0.39 is 11.6 Å². The molecular formula is C17H26ClNO4. The van der Waals surface area contributed by atoms with E-state index in [1.807, 2.05) is 45.0 Å². The van der Waals surface area contributed by atoms with E-state index in [9.17, 15) is 4.79 Å². The van der Waals surface area contributed by atoms with E-state index in [1.165, 1.54) is 10.5 Å². The Kier molecular flexibility index (Phi) is 8.20. The molecule has 1 amide bonds.